The van der Waals surface area contributed by atoms with Gasteiger partial charge in [-0.3, -0.25) is 0 Å². The van der Waals surface area contributed by atoms with E-state index in [0.717, 1.165) is 19.4 Å². The van der Waals surface area contributed by atoms with Gasteiger partial charge in [0.1, 0.15) is 0 Å². The van der Waals surface area contributed by atoms with Crippen molar-refractivity contribution in [3.05, 3.63) is 66.0 Å². The zero-order valence-corrected chi connectivity index (χ0v) is 9.76. The SMILES string of the molecule is CCc1cc[n+](CCc2ccccc2)cc1. The number of aryl methyl sites for hydroxylation is 3. The molecular formula is C15H18N+. The van der Waals surface area contributed by atoms with Crippen molar-refractivity contribution >= 4 is 0 Å². The summed E-state index contributed by atoms with van der Waals surface area (Å²) in [6.07, 6.45) is 6.54. The molecule has 0 fully saturated rings. The van der Waals surface area contributed by atoms with Gasteiger partial charge in [-0.1, -0.05) is 37.3 Å². The van der Waals surface area contributed by atoms with Crippen LogP contribution in [-0.4, -0.2) is 0 Å². The lowest BCUT2D eigenvalue weighted by Crippen LogP contribution is -2.33. The van der Waals surface area contributed by atoms with Crippen molar-refractivity contribution in [3.8, 4) is 0 Å². The Morgan fingerprint density at radius 1 is 0.875 bits per heavy atom. The molecule has 16 heavy (non-hydrogen) atoms. The van der Waals surface area contributed by atoms with Crippen molar-refractivity contribution in [2.24, 2.45) is 0 Å². The summed E-state index contributed by atoms with van der Waals surface area (Å²) in [5, 5.41) is 0. The third kappa shape index (κ3) is 2.93. The van der Waals surface area contributed by atoms with Crippen molar-refractivity contribution in [1.82, 2.24) is 0 Å². The number of benzene rings is 1. The van der Waals surface area contributed by atoms with Crippen molar-refractivity contribution in [3.63, 3.8) is 0 Å². The Balaban J connectivity index is 1.94. The van der Waals surface area contributed by atoms with Crippen LogP contribution in [0.5, 0.6) is 0 Å². The van der Waals surface area contributed by atoms with Gasteiger partial charge in [0.25, 0.3) is 0 Å². The van der Waals surface area contributed by atoms with E-state index in [4.69, 9.17) is 0 Å². The Morgan fingerprint density at radius 3 is 2.19 bits per heavy atom. The molecule has 0 unspecified atom stereocenters. The van der Waals surface area contributed by atoms with Crippen molar-refractivity contribution in [1.29, 1.82) is 0 Å². The average molecular weight is 212 g/mol. The first-order valence-corrected chi connectivity index (χ1v) is 5.90. The Kier molecular flexibility index (Phi) is 3.71. The van der Waals surface area contributed by atoms with E-state index in [1.807, 2.05) is 0 Å². The molecule has 1 aromatic heterocycles. The lowest BCUT2D eigenvalue weighted by Gasteiger charge is -1.99. The summed E-state index contributed by atoms with van der Waals surface area (Å²) in [5.74, 6) is 0. The van der Waals surface area contributed by atoms with E-state index in [1.54, 1.807) is 0 Å². The topological polar surface area (TPSA) is 3.88 Å². The molecule has 82 valence electrons. The third-order valence-electron chi connectivity index (χ3n) is 2.87. The molecule has 0 aliphatic carbocycles. The molecule has 1 aromatic carbocycles. The van der Waals surface area contributed by atoms with Crippen LogP contribution in [0, 0.1) is 0 Å². The van der Waals surface area contributed by atoms with Crippen LogP contribution in [0.4, 0.5) is 0 Å². The number of hydrogen-bond donors (Lipinski definition) is 0. The summed E-state index contributed by atoms with van der Waals surface area (Å²) >= 11 is 0. The minimum absolute atomic E-state index is 1.05. The first-order valence-electron chi connectivity index (χ1n) is 5.90. The molecule has 0 aliphatic rings. The molecule has 0 spiro atoms. The van der Waals surface area contributed by atoms with Crippen molar-refractivity contribution in [2.45, 2.75) is 26.3 Å². The van der Waals surface area contributed by atoms with Gasteiger partial charge in [-0.15, -0.1) is 0 Å². The average Bonchev–Trinajstić information content (AvgIpc) is 2.38. The smallest absolute Gasteiger partial charge is 0.169 e. The summed E-state index contributed by atoms with van der Waals surface area (Å²) in [4.78, 5) is 0. The first-order chi connectivity index (χ1) is 7.88. The molecule has 2 aromatic rings. The van der Waals surface area contributed by atoms with Gasteiger partial charge < -0.3 is 0 Å². The molecule has 1 heteroatoms. The monoisotopic (exact) mass is 212 g/mol. The number of rotatable bonds is 4. The zero-order valence-electron chi connectivity index (χ0n) is 9.76. The van der Waals surface area contributed by atoms with Crippen LogP contribution in [0.3, 0.4) is 0 Å². The second-order valence-electron chi connectivity index (χ2n) is 4.03. The quantitative estimate of drug-likeness (QED) is 0.686. The fourth-order valence-electron chi connectivity index (χ4n) is 1.78. The van der Waals surface area contributed by atoms with Crippen LogP contribution in [0.1, 0.15) is 18.1 Å². The fourth-order valence-corrected chi connectivity index (χ4v) is 1.78. The second-order valence-corrected chi connectivity index (χ2v) is 4.03. The number of nitrogens with zero attached hydrogens (tertiary/aromatic N) is 1. The molecular weight excluding hydrogens is 194 g/mol. The summed E-state index contributed by atoms with van der Waals surface area (Å²) in [5.41, 5.74) is 2.80. The highest BCUT2D eigenvalue weighted by molar-refractivity contribution is 5.14. The van der Waals surface area contributed by atoms with Gasteiger partial charge in [0.2, 0.25) is 0 Å². The first kappa shape index (κ1) is 10.9. The van der Waals surface area contributed by atoms with E-state index in [-0.39, 0.29) is 0 Å². The summed E-state index contributed by atoms with van der Waals surface area (Å²) in [6, 6.07) is 15.0. The Bertz CT molecular complexity index is 417. The number of pyridine rings is 1. The van der Waals surface area contributed by atoms with E-state index in [2.05, 4.69) is 66.3 Å². The molecule has 0 radical (unpaired) electrons. The maximum Gasteiger partial charge on any atom is 0.169 e. The largest absolute Gasteiger partial charge is 0.205 e. The van der Waals surface area contributed by atoms with Crippen LogP contribution in [0.15, 0.2) is 54.9 Å². The molecule has 0 bridgehead atoms. The van der Waals surface area contributed by atoms with Crippen LogP contribution in [-0.2, 0) is 19.4 Å². The van der Waals surface area contributed by atoms with Crippen LogP contribution in [0.25, 0.3) is 0 Å². The molecule has 0 saturated heterocycles. The zero-order chi connectivity index (χ0) is 11.2. The van der Waals surface area contributed by atoms with Crippen LogP contribution < -0.4 is 4.57 Å². The van der Waals surface area contributed by atoms with E-state index >= 15 is 0 Å². The van der Waals surface area contributed by atoms with E-state index in [0.29, 0.717) is 0 Å². The molecule has 0 saturated carbocycles. The minimum Gasteiger partial charge on any atom is -0.205 e. The maximum atomic E-state index is 2.24. The van der Waals surface area contributed by atoms with Crippen molar-refractivity contribution in [2.75, 3.05) is 0 Å². The number of aromatic nitrogens is 1. The Labute approximate surface area is 97.4 Å². The van der Waals surface area contributed by atoms with E-state index in [1.165, 1.54) is 11.1 Å². The lowest BCUT2D eigenvalue weighted by molar-refractivity contribution is -0.696. The van der Waals surface area contributed by atoms with E-state index in [9.17, 15) is 0 Å². The summed E-state index contributed by atoms with van der Waals surface area (Å²) in [6.45, 7) is 3.23. The predicted octanol–water partition coefficient (Wildman–Crippen LogP) is 2.78. The molecule has 0 aliphatic heterocycles. The predicted molar refractivity (Wildman–Crippen MR) is 66.2 cm³/mol. The van der Waals surface area contributed by atoms with E-state index < -0.39 is 0 Å². The summed E-state index contributed by atoms with van der Waals surface area (Å²) in [7, 11) is 0. The molecule has 1 nitrogen and oxygen atoms in total. The van der Waals surface area contributed by atoms with Gasteiger partial charge in [0.05, 0.1) is 0 Å². The van der Waals surface area contributed by atoms with Gasteiger partial charge in [0, 0.05) is 18.6 Å². The minimum atomic E-state index is 1.05. The number of hydrogen-bond acceptors (Lipinski definition) is 0. The summed E-state index contributed by atoms with van der Waals surface area (Å²) < 4.78 is 2.24. The van der Waals surface area contributed by atoms with Gasteiger partial charge in [-0.2, -0.15) is 0 Å². The van der Waals surface area contributed by atoms with Gasteiger partial charge in [0.15, 0.2) is 18.9 Å². The Hall–Kier alpha value is -1.63. The fraction of sp³-hybridized carbons (Fsp3) is 0.267. The highest BCUT2D eigenvalue weighted by Gasteiger charge is 2.00. The van der Waals surface area contributed by atoms with Crippen LogP contribution >= 0.6 is 0 Å². The standard InChI is InChI=1S/C15H18N/c1-2-14-8-11-16(12-9-14)13-10-15-6-4-3-5-7-15/h3-9,11-12H,2,10,13H2,1H3/q+1. The van der Waals surface area contributed by atoms with Gasteiger partial charge >= 0.3 is 0 Å². The van der Waals surface area contributed by atoms with Crippen LogP contribution in [0.2, 0.25) is 0 Å². The van der Waals surface area contributed by atoms with Crippen molar-refractivity contribution < 1.29 is 4.57 Å². The highest BCUT2D eigenvalue weighted by Crippen LogP contribution is 2.00. The molecule has 0 N–H and O–H groups in total. The third-order valence-corrected chi connectivity index (χ3v) is 2.87. The Morgan fingerprint density at radius 2 is 1.56 bits per heavy atom. The molecule has 0 amide bonds. The molecule has 2 rings (SSSR count). The normalized spacial score (nSPS) is 10.3. The molecule has 0 atom stereocenters. The lowest BCUT2D eigenvalue weighted by atomic mass is 10.1. The second kappa shape index (κ2) is 5.45. The van der Waals surface area contributed by atoms with Gasteiger partial charge in [-0.05, 0) is 17.5 Å². The molecule has 1 heterocycles. The van der Waals surface area contributed by atoms with Gasteiger partial charge in [-0.25, -0.2) is 4.57 Å². The maximum absolute atomic E-state index is 2.24. The highest BCUT2D eigenvalue weighted by atomic mass is 14.9.